The number of amides is 3. The molecule has 0 heterocycles. The van der Waals surface area contributed by atoms with Crippen molar-refractivity contribution in [3.8, 4) is 5.75 Å². The second-order valence-electron chi connectivity index (χ2n) is 8.88. The van der Waals surface area contributed by atoms with Crippen LogP contribution in [-0.2, 0) is 30.4 Å². The standard InChI is InChI=1S/C24H37N5O9/c1-13(30)20(26)23(36)27-16(9-10-19(32)33)21(34)29-18(12-14-5-7-15(31)8-6-14)22(35)28-17(24(37)38)4-2-3-11-25/h5-8,13,16-18,20,30-31H,2-4,9-12,25-26H2,1H3,(H,27,36)(H,28,35)(H,29,34)(H,32,33)(H,37,38). The molecule has 0 fully saturated rings. The normalized spacial score (nSPS) is 14.8. The van der Waals surface area contributed by atoms with E-state index in [0.717, 1.165) is 0 Å². The van der Waals surface area contributed by atoms with Crippen molar-refractivity contribution in [3.05, 3.63) is 29.8 Å². The zero-order valence-electron chi connectivity index (χ0n) is 21.1. The third kappa shape index (κ3) is 11.5. The molecule has 0 aliphatic heterocycles. The Morgan fingerprint density at radius 1 is 0.842 bits per heavy atom. The van der Waals surface area contributed by atoms with Crippen LogP contribution in [0.2, 0.25) is 0 Å². The number of aliphatic hydroxyl groups excluding tert-OH is 1. The van der Waals surface area contributed by atoms with Crippen LogP contribution >= 0.6 is 0 Å². The van der Waals surface area contributed by atoms with Crippen LogP contribution in [0.3, 0.4) is 0 Å². The van der Waals surface area contributed by atoms with Gasteiger partial charge in [0.05, 0.1) is 6.10 Å². The van der Waals surface area contributed by atoms with Crippen molar-refractivity contribution in [1.29, 1.82) is 0 Å². The minimum Gasteiger partial charge on any atom is -0.508 e. The van der Waals surface area contributed by atoms with E-state index in [2.05, 4.69) is 16.0 Å². The van der Waals surface area contributed by atoms with Crippen molar-refractivity contribution in [2.45, 2.75) is 75.7 Å². The van der Waals surface area contributed by atoms with Gasteiger partial charge in [0.25, 0.3) is 0 Å². The lowest BCUT2D eigenvalue weighted by Gasteiger charge is -2.25. The molecular weight excluding hydrogens is 502 g/mol. The molecule has 11 N–H and O–H groups in total. The van der Waals surface area contributed by atoms with Crippen LogP contribution in [0.1, 0.15) is 44.6 Å². The summed E-state index contributed by atoms with van der Waals surface area (Å²) in [6.45, 7) is 1.61. The molecule has 1 aromatic carbocycles. The highest BCUT2D eigenvalue weighted by Gasteiger charge is 2.31. The maximum atomic E-state index is 13.1. The Kier molecular flexibility index (Phi) is 13.7. The highest BCUT2D eigenvalue weighted by molar-refractivity contribution is 5.94. The van der Waals surface area contributed by atoms with Gasteiger partial charge in [-0.25, -0.2) is 4.79 Å². The molecule has 0 saturated heterocycles. The Bertz CT molecular complexity index is 955. The number of aromatic hydroxyl groups is 1. The summed E-state index contributed by atoms with van der Waals surface area (Å²) in [7, 11) is 0. The second kappa shape index (κ2) is 16.2. The first-order chi connectivity index (χ1) is 17.8. The monoisotopic (exact) mass is 539 g/mol. The number of aliphatic carboxylic acids is 2. The van der Waals surface area contributed by atoms with E-state index in [1.165, 1.54) is 31.2 Å². The summed E-state index contributed by atoms with van der Waals surface area (Å²) >= 11 is 0. The fraction of sp³-hybridized carbons (Fsp3) is 0.542. The number of carboxylic acids is 2. The predicted octanol–water partition coefficient (Wildman–Crippen LogP) is -1.82. The van der Waals surface area contributed by atoms with E-state index in [9.17, 15) is 39.3 Å². The molecule has 14 heteroatoms. The number of carbonyl (C=O) groups excluding carboxylic acids is 3. The van der Waals surface area contributed by atoms with Gasteiger partial charge in [-0.15, -0.1) is 0 Å². The van der Waals surface area contributed by atoms with Gasteiger partial charge in [0, 0.05) is 12.8 Å². The summed E-state index contributed by atoms with van der Waals surface area (Å²) < 4.78 is 0. The number of benzene rings is 1. The summed E-state index contributed by atoms with van der Waals surface area (Å²) in [5.74, 6) is -5.19. The van der Waals surface area contributed by atoms with Gasteiger partial charge >= 0.3 is 11.9 Å². The maximum absolute atomic E-state index is 13.1. The van der Waals surface area contributed by atoms with Crippen LogP contribution in [0.4, 0.5) is 0 Å². The van der Waals surface area contributed by atoms with Gasteiger partial charge in [-0.3, -0.25) is 19.2 Å². The van der Waals surface area contributed by atoms with Gasteiger partial charge < -0.3 is 47.8 Å². The van der Waals surface area contributed by atoms with E-state index in [-0.39, 0.29) is 25.0 Å². The summed E-state index contributed by atoms with van der Waals surface area (Å²) in [5.41, 5.74) is 11.6. The lowest BCUT2D eigenvalue weighted by molar-refractivity contribution is -0.142. The SMILES string of the molecule is CC(O)C(N)C(=O)NC(CCC(=O)O)C(=O)NC(Cc1ccc(O)cc1)C(=O)NC(CCCCN)C(=O)O. The number of nitrogens with one attached hydrogen (secondary N) is 3. The third-order valence-corrected chi connectivity index (χ3v) is 5.67. The van der Waals surface area contributed by atoms with E-state index >= 15 is 0 Å². The van der Waals surface area contributed by atoms with E-state index in [1.807, 2.05) is 0 Å². The molecule has 1 aromatic rings. The highest BCUT2D eigenvalue weighted by Crippen LogP contribution is 2.12. The molecule has 212 valence electrons. The first-order valence-corrected chi connectivity index (χ1v) is 12.1. The Balaban J connectivity index is 3.17. The van der Waals surface area contributed by atoms with Crippen LogP contribution in [0, 0.1) is 0 Å². The van der Waals surface area contributed by atoms with Crippen molar-refractivity contribution in [1.82, 2.24) is 16.0 Å². The molecule has 1 rings (SSSR count). The largest absolute Gasteiger partial charge is 0.508 e. The average molecular weight is 540 g/mol. The highest BCUT2D eigenvalue weighted by atomic mass is 16.4. The lowest BCUT2D eigenvalue weighted by atomic mass is 10.0. The molecule has 5 unspecified atom stereocenters. The quantitative estimate of drug-likeness (QED) is 0.0995. The molecule has 14 nitrogen and oxygen atoms in total. The third-order valence-electron chi connectivity index (χ3n) is 5.67. The predicted molar refractivity (Wildman–Crippen MR) is 135 cm³/mol. The van der Waals surface area contributed by atoms with Gasteiger partial charge in [-0.05, 0) is 56.8 Å². The first kappa shape index (κ1) is 32.3. The van der Waals surface area contributed by atoms with Crippen molar-refractivity contribution >= 4 is 29.7 Å². The first-order valence-electron chi connectivity index (χ1n) is 12.1. The van der Waals surface area contributed by atoms with Gasteiger partial charge in [-0.2, -0.15) is 0 Å². The minimum atomic E-state index is -1.42. The Labute approximate surface area is 219 Å². The van der Waals surface area contributed by atoms with Gasteiger partial charge in [0.1, 0.15) is 29.9 Å². The van der Waals surface area contributed by atoms with E-state index in [1.54, 1.807) is 0 Å². The molecule has 38 heavy (non-hydrogen) atoms. The number of carbonyl (C=O) groups is 5. The van der Waals surface area contributed by atoms with Crippen molar-refractivity contribution in [2.24, 2.45) is 11.5 Å². The van der Waals surface area contributed by atoms with E-state index in [4.69, 9.17) is 16.6 Å². The maximum Gasteiger partial charge on any atom is 0.326 e. The summed E-state index contributed by atoms with van der Waals surface area (Å²) in [4.78, 5) is 61.3. The topological polar surface area (TPSA) is 254 Å². The van der Waals surface area contributed by atoms with Crippen LogP contribution < -0.4 is 27.4 Å². The molecule has 3 amide bonds. The molecular formula is C24H37N5O9. The van der Waals surface area contributed by atoms with Gasteiger partial charge in [-0.1, -0.05) is 12.1 Å². The van der Waals surface area contributed by atoms with Crippen molar-refractivity contribution in [2.75, 3.05) is 6.54 Å². The number of aliphatic hydroxyl groups is 1. The Morgan fingerprint density at radius 2 is 1.39 bits per heavy atom. The summed E-state index contributed by atoms with van der Waals surface area (Å²) in [6, 6.07) is 0.359. The molecule has 0 aliphatic rings. The summed E-state index contributed by atoms with van der Waals surface area (Å²) in [5, 5.41) is 44.8. The molecule has 0 spiro atoms. The number of unbranched alkanes of at least 4 members (excludes halogenated alkanes) is 1. The van der Waals surface area contributed by atoms with Gasteiger partial charge in [0.15, 0.2) is 0 Å². The molecule has 0 radical (unpaired) electrons. The smallest absolute Gasteiger partial charge is 0.326 e. The Hall–Kier alpha value is -3.75. The number of carboxylic acid groups (broad SMARTS) is 2. The van der Waals surface area contributed by atoms with Crippen LogP contribution in [0.25, 0.3) is 0 Å². The van der Waals surface area contributed by atoms with E-state index in [0.29, 0.717) is 24.9 Å². The van der Waals surface area contributed by atoms with Crippen LogP contribution in [0.15, 0.2) is 24.3 Å². The number of phenols is 1. The molecule has 0 aromatic heterocycles. The number of rotatable bonds is 17. The zero-order chi connectivity index (χ0) is 28.8. The number of hydrogen-bond acceptors (Lipinski definition) is 9. The molecule has 0 saturated carbocycles. The average Bonchev–Trinajstić information content (AvgIpc) is 2.85. The minimum absolute atomic E-state index is 0.0319. The fourth-order valence-corrected chi connectivity index (χ4v) is 3.40. The number of phenolic OH excluding ortho intramolecular Hbond substituents is 1. The zero-order valence-corrected chi connectivity index (χ0v) is 21.1. The fourth-order valence-electron chi connectivity index (χ4n) is 3.40. The van der Waals surface area contributed by atoms with E-state index < -0.39 is 66.4 Å². The lowest BCUT2D eigenvalue weighted by Crippen LogP contribution is -2.58. The molecule has 0 aliphatic carbocycles. The second-order valence-corrected chi connectivity index (χ2v) is 8.88. The Morgan fingerprint density at radius 3 is 1.92 bits per heavy atom. The van der Waals surface area contributed by atoms with Crippen molar-refractivity contribution in [3.63, 3.8) is 0 Å². The molecule has 0 bridgehead atoms. The van der Waals surface area contributed by atoms with Crippen LogP contribution in [0.5, 0.6) is 5.75 Å². The van der Waals surface area contributed by atoms with Crippen LogP contribution in [-0.4, -0.2) is 86.9 Å². The number of nitrogens with two attached hydrogens (primary N) is 2. The van der Waals surface area contributed by atoms with Gasteiger partial charge in [0.2, 0.25) is 17.7 Å². The number of hydrogen-bond donors (Lipinski definition) is 9. The molecule has 5 atom stereocenters. The van der Waals surface area contributed by atoms with Crippen molar-refractivity contribution < 1.29 is 44.4 Å². The summed E-state index contributed by atoms with van der Waals surface area (Å²) in [6.07, 6.45) is -1.11.